The minimum atomic E-state index is -0.240. The number of esters is 1. The van der Waals surface area contributed by atoms with E-state index in [2.05, 4.69) is 19.2 Å². The topological polar surface area (TPSA) is 38.3 Å². The van der Waals surface area contributed by atoms with Crippen LogP contribution in [0.2, 0.25) is 0 Å². The van der Waals surface area contributed by atoms with Crippen LogP contribution < -0.4 is 5.32 Å². The van der Waals surface area contributed by atoms with Gasteiger partial charge in [0.15, 0.2) is 0 Å². The Morgan fingerprint density at radius 2 is 2.00 bits per heavy atom. The van der Waals surface area contributed by atoms with Crippen LogP contribution in [0.5, 0.6) is 0 Å². The molecule has 0 saturated heterocycles. The molecule has 1 unspecified atom stereocenters. The number of carbonyl (C=O) groups is 1. The van der Waals surface area contributed by atoms with Crippen molar-refractivity contribution in [2.45, 2.75) is 46.1 Å². The molecule has 0 heterocycles. The number of benzene rings is 1. The van der Waals surface area contributed by atoms with Crippen LogP contribution in [0.4, 0.5) is 5.69 Å². The second-order valence-corrected chi connectivity index (χ2v) is 5.73. The Morgan fingerprint density at radius 1 is 1.37 bits per heavy atom. The minimum Gasteiger partial charge on any atom is -0.462 e. The largest absolute Gasteiger partial charge is 0.462 e. The first kappa shape index (κ1) is 13.9. The van der Waals surface area contributed by atoms with Crippen LogP contribution in [0, 0.1) is 5.41 Å². The maximum Gasteiger partial charge on any atom is 0.338 e. The van der Waals surface area contributed by atoms with Gasteiger partial charge in [0.05, 0.1) is 12.2 Å². The normalized spacial score (nSPS) is 17.6. The van der Waals surface area contributed by atoms with Gasteiger partial charge in [0.25, 0.3) is 0 Å². The van der Waals surface area contributed by atoms with Crippen molar-refractivity contribution in [1.82, 2.24) is 0 Å². The maximum atomic E-state index is 11.7. The molecule has 0 spiro atoms. The Morgan fingerprint density at radius 3 is 2.53 bits per heavy atom. The molecule has 3 heteroatoms. The number of nitrogens with one attached hydrogen (secondary N) is 1. The molecular weight excluding hydrogens is 238 g/mol. The molecular formula is C16H23NO2. The van der Waals surface area contributed by atoms with Crippen LogP contribution in [0.15, 0.2) is 24.3 Å². The van der Waals surface area contributed by atoms with E-state index >= 15 is 0 Å². The summed E-state index contributed by atoms with van der Waals surface area (Å²) in [4.78, 5) is 11.7. The van der Waals surface area contributed by atoms with E-state index in [4.69, 9.17) is 4.74 Å². The molecule has 1 aromatic rings. The van der Waals surface area contributed by atoms with Crippen molar-refractivity contribution in [3.05, 3.63) is 29.8 Å². The molecule has 0 aromatic heterocycles. The number of rotatable bonds is 6. The van der Waals surface area contributed by atoms with E-state index in [9.17, 15) is 4.79 Å². The summed E-state index contributed by atoms with van der Waals surface area (Å²) >= 11 is 0. The van der Waals surface area contributed by atoms with Gasteiger partial charge < -0.3 is 10.1 Å². The van der Waals surface area contributed by atoms with Gasteiger partial charge in [-0.25, -0.2) is 4.79 Å². The highest BCUT2D eigenvalue weighted by atomic mass is 16.5. The molecule has 0 aliphatic heterocycles. The van der Waals surface area contributed by atoms with Gasteiger partial charge >= 0.3 is 5.97 Å². The predicted molar refractivity (Wildman–Crippen MR) is 77.4 cm³/mol. The summed E-state index contributed by atoms with van der Waals surface area (Å²) in [6.45, 7) is 6.99. The fourth-order valence-electron chi connectivity index (χ4n) is 2.04. The van der Waals surface area contributed by atoms with Gasteiger partial charge in [0, 0.05) is 11.7 Å². The van der Waals surface area contributed by atoms with E-state index in [1.807, 2.05) is 31.2 Å². The van der Waals surface area contributed by atoms with E-state index in [1.165, 1.54) is 12.8 Å². The van der Waals surface area contributed by atoms with Crippen molar-refractivity contribution in [3.63, 3.8) is 0 Å². The average molecular weight is 261 g/mol. The maximum absolute atomic E-state index is 11.7. The summed E-state index contributed by atoms with van der Waals surface area (Å²) in [7, 11) is 0. The van der Waals surface area contributed by atoms with Crippen molar-refractivity contribution in [1.29, 1.82) is 0 Å². The Kier molecular flexibility index (Phi) is 4.13. The number of carbonyl (C=O) groups excluding carboxylic acids is 1. The minimum absolute atomic E-state index is 0.240. The second kappa shape index (κ2) is 5.64. The SMILES string of the molecule is CCCOC(=O)c1ccc(NC(C)C2(C)CC2)cc1. The van der Waals surface area contributed by atoms with Crippen molar-refractivity contribution in [2.24, 2.45) is 5.41 Å². The fourth-order valence-corrected chi connectivity index (χ4v) is 2.04. The molecule has 1 atom stereocenters. The van der Waals surface area contributed by atoms with Crippen LogP contribution in [0.1, 0.15) is 50.4 Å². The summed E-state index contributed by atoms with van der Waals surface area (Å²) in [5, 5.41) is 3.50. The summed E-state index contributed by atoms with van der Waals surface area (Å²) in [5.41, 5.74) is 2.12. The highest BCUT2D eigenvalue weighted by molar-refractivity contribution is 5.89. The molecule has 1 N–H and O–H groups in total. The molecule has 1 aliphatic carbocycles. The Balaban J connectivity index is 1.92. The molecule has 1 aliphatic rings. The van der Waals surface area contributed by atoms with E-state index < -0.39 is 0 Å². The van der Waals surface area contributed by atoms with E-state index in [0.29, 0.717) is 23.6 Å². The van der Waals surface area contributed by atoms with Gasteiger partial charge in [0.2, 0.25) is 0 Å². The number of hydrogen-bond donors (Lipinski definition) is 1. The van der Waals surface area contributed by atoms with Crippen LogP contribution in [-0.2, 0) is 4.74 Å². The summed E-state index contributed by atoms with van der Waals surface area (Å²) < 4.78 is 5.10. The number of ether oxygens (including phenoxy) is 1. The van der Waals surface area contributed by atoms with E-state index in [-0.39, 0.29) is 5.97 Å². The van der Waals surface area contributed by atoms with Crippen LogP contribution in [0.25, 0.3) is 0 Å². The molecule has 0 bridgehead atoms. The zero-order chi connectivity index (χ0) is 13.9. The molecule has 3 nitrogen and oxygen atoms in total. The fraction of sp³-hybridized carbons (Fsp3) is 0.562. The van der Waals surface area contributed by atoms with Gasteiger partial charge in [-0.05, 0) is 55.9 Å². The lowest BCUT2D eigenvalue weighted by atomic mass is 10.0. The smallest absolute Gasteiger partial charge is 0.338 e. The Hall–Kier alpha value is -1.51. The van der Waals surface area contributed by atoms with Gasteiger partial charge in [-0.1, -0.05) is 13.8 Å². The molecule has 0 radical (unpaired) electrons. The number of hydrogen-bond acceptors (Lipinski definition) is 3. The molecule has 19 heavy (non-hydrogen) atoms. The highest BCUT2D eigenvalue weighted by Gasteiger charge is 2.42. The molecule has 1 fully saturated rings. The first-order chi connectivity index (χ1) is 9.05. The van der Waals surface area contributed by atoms with Gasteiger partial charge in [-0.3, -0.25) is 0 Å². The van der Waals surface area contributed by atoms with Crippen LogP contribution in [-0.4, -0.2) is 18.6 Å². The predicted octanol–water partition coefficient (Wildman–Crippen LogP) is 3.85. The molecule has 1 aromatic carbocycles. The second-order valence-electron chi connectivity index (χ2n) is 5.73. The van der Waals surface area contributed by atoms with E-state index in [1.54, 1.807) is 0 Å². The summed E-state index contributed by atoms with van der Waals surface area (Å²) in [6.07, 6.45) is 3.44. The summed E-state index contributed by atoms with van der Waals surface area (Å²) in [5.74, 6) is -0.240. The quantitative estimate of drug-likeness (QED) is 0.790. The first-order valence-corrected chi connectivity index (χ1v) is 7.09. The van der Waals surface area contributed by atoms with Crippen LogP contribution in [0.3, 0.4) is 0 Å². The van der Waals surface area contributed by atoms with Crippen molar-refractivity contribution >= 4 is 11.7 Å². The van der Waals surface area contributed by atoms with Gasteiger partial charge in [0.1, 0.15) is 0 Å². The Bertz CT molecular complexity index is 435. The molecule has 104 valence electrons. The van der Waals surface area contributed by atoms with Crippen molar-refractivity contribution in [2.75, 3.05) is 11.9 Å². The van der Waals surface area contributed by atoms with Gasteiger partial charge in [-0.2, -0.15) is 0 Å². The lowest BCUT2D eigenvalue weighted by Crippen LogP contribution is -2.24. The Labute approximate surface area is 115 Å². The van der Waals surface area contributed by atoms with Gasteiger partial charge in [-0.15, -0.1) is 0 Å². The lowest BCUT2D eigenvalue weighted by molar-refractivity contribution is 0.0505. The first-order valence-electron chi connectivity index (χ1n) is 7.09. The average Bonchev–Trinajstić information content (AvgIpc) is 3.16. The third-order valence-electron chi connectivity index (χ3n) is 4.03. The highest BCUT2D eigenvalue weighted by Crippen LogP contribution is 2.48. The standard InChI is InChI=1S/C16H23NO2/c1-4-11-19-15(18)13-5-7-14(8-6-13)17-12(2)16(3)9-10-16/h5-8,12,17H,4,9-11H2,1-3H3. The van der Waals surface area contributed by atoms with Crippen molar-refractivity contribution < 1.29 is 9.53 Å². The van der Waals surface area contributed by atoms with Crippen molar-refractivity contribution in [3.8, 4) is 0 Å². The van der Waals surface area contributed by atoms with E-state index in [0.717, 1.165) is 12.1 Å². The lowest BCUT2D eigenvalue weighted by Gasteiger charge is -2.21. The molecule has 0 amide bonds. The monoisotopic (exact) mass is 261 g/mol. The molecule has 2 rings (SSSR count). The zero-order valence-electron chi connectivity index (χ0n) is 12.0. The molecule has 1 saturated carbocycles. The van der Waals surface area contributed by atoms with Crippen LogP contribution >= 0.6 is 0 Å². The third-order valence-corrected chi connectivity index (χ3v) is 4.03. The summed E-state index contributed by atoms with van der Waals surface area (Å²) in [6, 6.07) is 8.01. The number of anilines is 1. The third kappa shape index (κ3) is 3.49. The zero-order valence-corrected chi connectivity index (χ0v) is 12.0.